The van der Waals surface area contributed by atoms with Crippen molar-refractivity contribution in [3.05, 3.63) is 59.7 Å². The van der Waals surface area contributed by atoms with E-state index in [4.69, 9.17) is 9.47 Å². The molecule has 0 unspecified atom stereocenters. The molecule has 0 aromatic heterocycles. The Morgan fingerprint density at radius 3 is 2.18 bits per heavy atom. The summed E-state index contributed by atoms with van der Waals surface area (Å²) in [7, 11) is 0. The van der Waals surface area contributed by atoms with Crippen LogP contribution in [0.3, 0.4) is 0 Å². The first-order valence-electron chi connectivity index (χ1n) is 11.3. The zero-order chi connectivity index (χ0) is 24.7. The number of aliphatic carboxylic acids is 1. The van der Waals surface area contributed by atoms with Crippen LogP contribution in [0, 0.1) is 0 Å². The number of benzene rings is 2. The zero-order valence-electron chi connectivity index (χ0n) is 19.7. The normalized spacial score (nSPS) is 13.5. The Morgan fingerprint density at radius 2 is 1.62 bits per heavy atom. The van der Waals surface area contributed by atoms with Gasteiger partial charge in [0.05, 0.1) is 0 Å². The first-order chi connectivity index (χ1) is 16.2. The number of carbonyl (C=O) groups is 3. The zero-order valence-corrected chi connectivity index (χ0v) is 20.5. The quantitative estimate of drug-likeness (QED) is 0.367. The van der Waals surface area contributed by atoms with Crippen molar-refractivity contribution in [3.63, 3.8) is 0 Å². The molecule has 2 aromatic carbocycles. The molecule has 0 bridgehead atoms. The predicted molar refractivity (Wildman–Crippen MR) is 132 cm³/mol. The number of fused-ring (bicyclic) bond motifs is 3. The first kappa shape index (κ1) is 25.6. The fourth-order valence-corrected chi connectivity index (χ4v) is 4.85. The highest BCUT2D eigenvalue weighted by molar-refractivity contribution is 7.99. The maximum absolute atomic E-state index is 12.4. The number of nitrogens with one attached hydrogen (secondary N) is 1. The van der Waals surface area contributed by atoms with Crippen LogP contribution in [-0.4, -0.2) is 52.9 Å². The van der Waals surface area contributed by atoms with Crippen LogP contribution < -0.4 is 5.32 Å². The van der Waals surface area contributed by atoms with E-state index in [1.54, 1.807) is 0 Å². The van der Waals surface area contributed by atoms with E-state index in [-0.39, 0.29) is 30.7 Å². The molecule has 2 aromatic rings. The molecule has 182 valence electrons. The summed E-state index contributed by atoms with van der Waals surface area (Å²) in [6.07, 6.45) is 0.0715. The molecule has 1 amide bonds. The van der Waals surface area contributed by atoms with Crippen molar-refractivity contribution in [3.8, 4) is 11.1 Å². The molecule has 8 heteroatoms. The number of rotatable bonds is 10. The number of amides is 1. The van der Waals surface area contributed by atoms with Crippen LogP contribution in [0.2, 0.25) is 0 Å². The standard InChI is InChI=1S/C26H31NO6S/c1-26(2,3)33-23(28)13-8-14-34-16-22(24(29)30)27-25(31)32-15-21-19-11-6-4-9-17(19)18-10-5-7-12-20(18)21/h4-7,9-12,21-22H,8,13-16H2,1-3H3,(H,27,31)(H,29,30)/t22-/m1/s1. The van der Waals surface area contributed by atoms with Crippen LogP contribution in [0.15, 0.2) is 48.5 Å². The lowest BCUT2D eigenvalue weighted by Crippen LogP contribution is -2.43. The summed E-state index contributed by atoms with van der Waals surface area (Å²) in [5.74, 6) is -0.750. The van der Waals surface area contributed by atoms with Crippen molar-refractivity contribution < 1.29 is 29.0 Å². The number of carboxylic acid groups (broad SMARTS) is 1. The third-order valence-electron chi connectivity index (χ3n) is 5.31. The maximum atomic E-state index is 12.4. The molecule has 1 aliphatic rings. The van der Waals surface area contributed by atoms with E-state index < -0.39 is 23.7 Å². The largest absolute Gasteiger partial charge is 0.480 e. The third-order valence-corrected chi connectivity index (χ3v) is 6.45. The van der Waals surface area contributed by atoms with Crippen LogP contribution in [0.4, 0.5) is 4.79 Å². The average Bonchev–Trinajstić information content (AvgIpc) is 3.09. The fourth-order valence-electron chi connectivity index (χ4n) is 3.87. The molecule has 2 N–H and O–H groups in total. The summed E-state index contributed by atoms with van der Waals surface area (Å²) >= 11 is 1.36. The number of alkyl carbamates (subject to hydrolysis) is 1. The van der Waals surface area contributed by atoms with E-state index in [2.05, 4.69) is 17.4 Å². The summed E-state index contributed by atoms with van der Waals surface area (Å²) in [5.41, 5.74) is 3.90. The molecule has 0 fully saturated rings. The summed E-state index contributed by atoms with van der Waals surface area (Å²) in [6.45, 7) is 5.56. The van der Waals surface area contributed by atoms with Gasteiger partial charge in [0.25, 0.3) is 0 Å². The highest BCUT2D eigenvalue weighted by atomic mass is 32.2. The molecular formula is C26H31NO6S. The van der Waals surface area contributed by atoms with Gasteiger partial charge < -0.3 is 19.9 Å². The Kier molecular flexibility index (Phi) is 8.61. The van der Waals surface area contributed by atoms with Gasteiger partial charge >= 0.3 is 18.0 Å². The Hall–Kier alpha value is -3.00. The van der Waals surface area contributed by atoms with Crippen molar-refractivity contribution in [1.29, 1.82) is 0 Å². The monoisotopic (exact) mass is 485 g/mol. The highest BCUT2D eigenvalue weighted by Crippen LogP contribution is 2.44. The molecule has 7 nitrogen and oxygen atoms in total. The van der Waals surface area contributed by atoms with Gasteiger partial charge in [-0.3, -0.25) is 4.79 Å². The average molecular weight is 486 g/mol. The van der Waals surface area contributed by atoms with E-state index in [1.165, 1.54) is 11.8 Å². The van der Waals surface area contributed by atoms with E-state index in [9.17, 15) is 19.5 Å². The Bertz CT molecular complexity index is 986. The van der Waals surface area contributed by atoms with Gasteiger partial charge in [-0.2, -0.15) is 11.8 Å². The second kappa shape index (κ2) is 11.4. The fraction of sp³-hybridized carbons (Fsp3) is 0.423. The number of esters is 1. The van der Waals surface area contributed by atoms with E-state index in [0.29, 0.717) is 12.2 Å². The van der Waals surface area contributed by atoms with Crippen LogP contribution >= 0.6 is 11.8 Å². The first-order valence-corrected chi connectivity index (χ1v) is 12.4. The minimum Gasteiger partial charge on any atom is -0.480 e. The van der Waals surface area contributed by atoms with Crippen LogP contribution in [0.1, 0.15) is 50.7 Å². The molecule has 0 radical (unpaired) electrons. The van der Waals surface area contributed by atoms with Crippen LogP contribution in [0.25, 0.3) is 11.1 Å². The molecular weight excluding hydrogens is 454 g/mol. The van der Waals surface area contributed by atoms with Crippen molar-refractivity contribution in [2.24, 2.45) is 0 Å². The topological polar surface area (TPSA) is 102 Å². The number of hydrogen-bond acceptors (Lipinski definition) is 6. The van der Waals surface area contributed by atoms with Crippen LogP contribution in [0.5, 0.6) is 0 Å². The molecule has 1 aliphatic carbocycles. The van der Waals surface area contributed by atoms with Gasteiger partial charge in [-0.05, 0) is 55.2 Å². The van der Waals surface area contributed by atoms with Gasteiger partial charge in [-0.1, -0.05) is 48.5 Å². The van der Waals surface area contributed by atoms with Crippen molar-refractivity contribution in [1.82, 2.24) is 5.32 Å². The van der Waals surface area contributed by atoms with Gasteiger partial charge in [0.2, 0.25) is 0 Å². The molecule has 0 saturated heterocycles. The minimum atomic E-state index is -1.13. The van der Waals surface area contributed by atoms with Crippen molar-refractivity contribution >= 4 is 29.8 Å². The Morgan fingerprint density at radius 1 is 1.03 bits per heavy atom. The van der Waals surface area contributed by atoms with Gasteiger partial charge in [0.15, 0.2) is 0 Å². The van der Waals surface area contributed by atoms with E-state index in [0.717, 1.165) is 22.3 Å². The maximum Gasteiger partial charge on any atom is 0.407 e. The predicted octanol–water partition coefficient (Wildman–Crippen LogP) is 4.83. The minimum absolute atomic E-state index is 0.0938. The summed E-state index contributed by atoms with van der Waals surface area (Å²) in [5, 5.41) is 11.9. The SMILES string of the molecule is CC(C)(C)OC(=O)CCCSC[C@@H](NC(=O)OCC1c2ccccc2-c2ccccc21)C(=O)O. The lowest BCUT2D eigenvalue weighted by molar-refractivity contribution is -0.154. The van der Waals surface area contributed by atoms with Crippen molar-refractivity contribution in [2.75, 3.05) is 18.1 Å². The smallest absolute Gasteiger partial charge is 0.407 e. The summed E-state index contributed by atoms with van der Waals surface area (Å²) in [6, 6.07) is 14.9. The molecule has 0 spiro atoms. The number of thioether (sulfide) groups is 1. The van der Waals surface area contributed by atoms with Gasteiger partial charge in [-0.25, -0.2) is 9.59 Å². The number of carboxylic acids is 1. The van der Waals surface area contributed by atoms with Crippen LogP contribution in [-0.2, 0) is 19.1 Å². The Labute approximate surface area is 204 Å². The summed E-state index contributed by atoms with van der Waals surface area (Å²) in [4.78, 5) is 35.7. The second-order valence-corrected chi connectivity index (χ2v) is 10.3. The second-order valence-electron chi connectivity index (χ2n) is 9.13. The molecule has 0 heterocycles. The molecule has 0 aliphatic heterocycles. The van der Waals surface area contributed by atoms with E-state index >= 15 is 0 Å². The van der Waals surface area contributed by atoms with Gasteiger partial charge in [0, 0.05) is 18.1 Å². The molecule has 3 rings (SSSR count). The lowest BCUT2D eigenvalue weighted by atomic mass is 9.98. The van der Waals surface area contributed by atoms with Gasteiger partial charge in [0.1, 0.15) is 18.2 Å². The van der Waals surface area contributed by atoms with Crippen molar-refractivity contribution in [2.45, 2.75) is 51.2 Å². The molecule has 0 saturated carbocycles. The van der Waals surface area contributed by atoms with Gasteiger partial charge in [-0.15, -0.1) is 0 Å². The lowest BCUT2D eigenvalue weighted by Gasteiger charge is -2.19. The molecule has 34 heavy (non-hydrogen) atoms. The Balaban J connectivity index is 1.46. The third kappa shape index (κ3) is 7.00. The van der Waals surface area contributed by atoms with E-state index in [1.807, 2.05) is 57.2 Å². The number of hydrogen-bond donors (Lipinski definition) is 2. The highest BCUT2D eigenvalue weighted by Gasteiger charge is 2.29. The number of ether oxygens (including phenoxy) is 2. The molecule has 1 atom stereocenters. The summed E-state index contributed by atoms with van der Waals surface area (Å²) < 4.78 is 10.7. The number of carbonyl (C=O) groups excluding carboxylic acids is 2.